The number of nitrogens with zero attached hydrogens (tertiary/aromatic N) is 2. The van der Waals surface area contributed by atoms with Crippen molar-refractivity contribution in [3.8, 4) is 0 Å². The van der Waals surface area contributed by atoms with Gasteiger partial charge < -0.3 is 4.74 Å². The minimum Gasteiger partial charge on any atom is -0.465 e. The first kappa shape index (κ1) is 15.3. The van der Waals surface area contributed by atoms with Crippen LogP contribution in [0.4, 0.5) is 0 Å². The molecule has 0 aromatic carbocycles. The maximum Gasteiger partial charge on any atom is 0.327 e. The molecule has 114 valence electrons. The number of hydrogen-bond acceptors (Lipinski definition) is 4. The fourth-order valence-corrected chi connectivity index (χ4v) is 3.41. The standard InChI is InChI=1S/C15H26N2O3/c1-6-20-14(19)15(4,5)17-12-8-7-11(9-12)16(17)13(18)10(2)3/h10-12H,6-9H2,1-5H3/t11-,12+/m1/s1. The Bertz CT molecular complexity index is 406. The average Bonchev–Trinajstić information content (AvgIpc) is 2.97. The van der Waals surface area contributed by atoms with Crippen molar-refractivity contribution in [1.29, 1.82) is 0 Å². The molecule has 2 fully saturated rings. The van der Waals surface area contributed by atoms with E-state index >= 15 is 0 Å². The van der Waals surface area contributed by atoms with Gasteiger partial charge in [0.25, 0.3) is 0 Å². The molecule has 1 saturated heterocycles. The summed E-state index contributed by atoms with van der Waals surface area (Å²) in [5, 5.41) is 3.83. The van der Waals surface area contributed by atoms with Gasteiger partial charge in [0.05, 0.1) is 12.6 Å². The van der Waals surface area contributed by atoms with E-state index in [4.69, 9.17) is 4.74 Å². The number of carbonyl (C=O) groups excluding carboxylic acids is 2. The first-order valence-corrected chi connectivity index (χ1v) is 7.60. The summed E-state index contributed by atoms with van der Waals surface area (Å²) in [6, 6.07) is 0.533. The Balaban J connectivity index is 2.28. The zero-order chi connectivity index (χ0) is 15.1. The van der Waals surface area contributed by atoms with E-state index in [1.54, 1.807) is 6.92 Å². The topological polar surface area (TPSA) is 49.9 Å². The van der Waals surface area contributed by atoms with Gasteiger partial charge in [0.15, 0.2) is 0 Å². The quantitative estimate of drug-likeness (QED) is 0.740. The molecular weight excluding hydrogens is 256 g/mol. The Hall–Kier alpha value is -1.10. The normalized spacial score (nSPS) is 26.4. The van der Waals surface area contributed by atoms with Crippen molar-refractivity contribution in [3.63, 3.8) is 0 Å². The van der Waals surface area contributed by atoms with E-state index in [0.29, 0.717) is 6.61 Å². The van der Waals surface area contributed by atoms with Crippen LogP contribution in [0.3, 0.4) is 0 Å². The number of carbonyl (C=O) groups is 2. The summed E-state index contributed by atoms with van der Waals surface area (Å²) in [5.41, 5.74) is -0.791. The summed E-state index contributed by atoms with van der Waals surface area (Å²) in [7, 11) is 0. The van der Waals surface area contributed by atoms with E-state index in [0.717, 1.165) is 19.3 Å². The second kappa shape index (κ2) is 5.35. The molecule has 5 nitrogen and oxygen atoms in total. The van der Waals surface area contributed by atoms with Crippen molar-refractivity contribution in [3.05, 3.63) is 0 Å². The fraction of sp³-hybridized carbons (Fsp3) is 0.867. The summed E-state index contributed by atoms with van der Waals surface area (Å²) >= 11 is 0. The van der Waals surface area contributed by atoms with E-state index < -0.39 is 5.54 Å². The number of fused-ring (bicyclic) bond motifs is 2. The predicted octanol–water partition coefficient (Wildman–Crippen LogP) is 1.96. The molecule has 2 aliphatic rings. The molecule has 1 heterocycles. The Morgan fingerprint density at radius 2 is 1.85 bits per heavy atom. The van der Waals surface area contributed by atoms with Gasteiger partial charge in [-0.25, -0.2) is 4.79 Å². The molecule has 20 heavy (non-hydrogen) atoms. The van der Waals surface area contributed by atoms with Crippen LogP contribution < -0.4 is 0 Å². The summed E-state index contributed by atoms with van der Waals surface area (Å²) < 4.78 is 5.20. The molecule has 1 saturated carbocycles. The van der Waals surface area contributed by atoms with E-state index in [9.17, 15) is 9.59 Å². The molecule has 1 aliphatic carbocycles. The van der Waals surface area contributed by atoms with Gasteiger partial charge in [-0.05, 0) is 40.0 Å². The summed E-state index contributed by atoms with van der Waals surface area (Å²) in [6.07, 6.45) is 3.06. The summed E-state index contributed by atoms with van der Waals surface area (Å²) in [4.78, 5) is 24.8. The van der Waals surface area contributed by atoms with Crippen LogP contribution >= 0.6 is 0 Å². The van der Waals surface area contributed by atoms with Crippen LogP contribution in [0.25, 0.3) is 0 Å². The maximum atomic E-state index is 12.5. The van der Waals surface area contributed by atoms with Crippen molar-refractivity contribution in [2.24, 2.45) is 5.92 Å². The second-order valence-electron chi connectivity index (χ2n) is 6.58. The summed E-state index contributed by atoms with van der Waals surface area (Å²) in [5.74, 6) is -0.210. The Morgan fingerprint density at radius 3 is 2.40 bits per heavy atom. The molecule has 1 amide bonds. The lowest BCUT2D eigenvalue weighted by Crippen LogP contribution is -2.63. The Morgan fingerprint density at radius 1 is 1.25 bits per heavy atom. The lowest BCUT2D eigenvalue weighted by molar-refractivity contribution is -0.187. The number of hydrogen-bond donors (Lipinski definition) is 0. The highest BCUT2D eigenvalue weighted by molar-refractivity contribution is 5.82. The van der Waals surface area contributed by atoms with Crippen molar-refractivity contribution in [2.45, 2.75) is 71.5 Å². The minimum atomic E-state index is -0.791. The average molecular weight is 282 g/mol. The van der Waals surface area contributed by atoms with E-state index in [-0.39, 0.29) is 29.9 Å². The first-order valence-electron chi connectivity index (χ1n) is 7.60. The van der Waals surface area contributed by atoms with Gasteiger partial charge in [-0.1, -0.05) is 13.8 Å². The van der Waals surface area contributed by atoms with Crippen molar-refractivity contribution in [2.75, 3.05) is 6.61 Å². The van der Waals surface area contributed by atoms with Crippen LogP contribution in [0.5, 0.6) is 0 Å². The molecule has 0 radical (unpaired) electrons. The highest BCUT2D eigenvalue weighted by Gasteiger charge is 2.55. The van der Waals surface area contributed by atoms with E-state index in [1.165, 1.54) is 0 Å². The number of esters is 1. The molecule has 5 heteroatoms. The van der Waals surface area contributed by atoms with Gasteiger partial charge in [-0.2, -0.15) is 5.01 Å². The van der Waals surface area contributed by atoms with Crippen LogP contribution in [0.15, 0.2) is 0 Å². The minimum absolute atomic E-state index is 0.0603. The largest absolute Gasteiger partial charge is 0.465 e. The molecule has 0 N–H and O–H groups in total. The molecule has 0 spiro atoms. The highest BCUT2D eigenvalue weighted by atomic mass is 16.5. The first-order chi connectivity index (χ1) is 9.30. The zero-order valence-corrected chi connectivity index (χ0v) is 13.2. The Kier molecular flexibility index (Phi) is 4.09. The van der Waals surface area contributed by atoms with Gasteiger partial charge in [0.1, 0.15) is 5.54 Å². The van der Waals surface area contributed by atoms with E-state index in [2.05, 4.69) is 0 Å². The molecule has 1 aliphatic heterocycles. The lowest BCUT2D eigenvalue weighted by Gasteiger charge is -2.46. The van der Waals surface area contributed by atoms with Gasteiger partial charge in [-0.3, -0.25) is 9.80 Å². The molecular formula is C15H26N2O3. The number of amides is 1. The number of ether oxygens (including phenoxy) is 1. The fourth-order valence-electron chi connectivity index (χ4n) is 3.41. The van der Waals surface area contributed by atoms with Crippen molar-refractivity contribution < 1.29 is 14.3 Å². The predicted molar refractivity (Wildman–Crippen MR) is 75.7 cm³/mol. The summed E-state index contributed by atoms with van der Waals surface area (Å²) in [6.45, 7) is 9.69. The number of hydrazine groups is 1. The molecule has 2 bridgehead atoms. The molecule has 0 aromatic rings. The molecule has 0 unspecified atom stereocenters. The Labute approximate surface area is 121 Å². The smallest absolute Gasteiger partial charge is 0.327 e. The van der Waals surface area contributed by atoms with Crippen LogP contribution in [0.2, 0.25) is 0 Å². The van der Waals surface area contributed by atoms with Crippen LogP contribution in [0.1, 0.15) is 53.9 Å². The highest BCUT2D eigenvalue weighted by Crippen LogP contribution is 2.42. The third-order valence-electron chi connectivity index (χ3n) is 4.37. The molecule has 2 atom stereocenters. The third-order valence-corrected chi connectivity index (χ3v) is 4.37. The van der Waals surface area contributed by atoms with E-state index in [1.807, 2.05) is 37.7 Å². The second-order valence-corrected chi connectivity index (χ2v) is 6.58. The van der Waals surface area contributed by atoms with Crippen molar-refractivity contribution in [1.82, 2.24) is 10.0 Å². The van der Waals surface area contributed by atoms with Crippen LogP contribution in [-0.4, -0.2) is 46.1 Å². The molecule has 0 aromatic heterocycles. The van der Waals surface area contributed by atoms with Gasteiger partial charge in [0, 0.05) is 12.0 Å². The third kappa shape index (κ3) is 2.32. The van der Waals surface area contributed by atoms with Gasteiger partial charge >= 0.3 is 5.97 Å². The maximum absolute atomic E-state index is 12.5. The van der Waals surface area contributed by atoms with Crippen LogP contribution in [-0.2, 0) is 14.3 Å². The monoisotopic (exact) mass is 282 g/mol. The number of rotatable bonds is 4. The van der Waals surface area contributed by atoms with Crippen LogP contribution in [0, 0.1) is 5.92 Å². The zero-order valence-electron chi connectivity index (χ0n) is 13.2. The van der Waals surface area contributed by atoms with Crippen molar-refractivity contribution >= 4 is 11.9 Å². The SMILES string of the molecule is CCOC(=O)C(C)(C)N1[C@H]2CC[C@H](C2)N1C(=O)C(C)C. The van der Waals surface area contributed by atoms with Gasteiger partial charge in [-0.15, -0.1) is 0 Å². The molecule has 2 rings (SSSR count). The lowest BCUT2D eigenvalue weighted by atomic mass is 10.0. The van der Waals surface area contributed by atoms with Gasteiger partial charge in [0.2, 0.25) is 5.91 Å².